The van der Waals surface area contributed by atoms with Crippen LogP contribution in [0.5, 0.6) is 11.6 Å². The van der Waals surface area contributed by atoms with E-state index in [2.05, 4.69) is 5.10 Å². The average molecular weight is 270 g/mol. The number of ketones is 1. The topological polar surface area (TPSA) is 93.9 Å². The third-order valence-corrected chi connectivity index (χ3v) is 2.87. The number of aromatic nitrogens is 2. The number of aryl methyl sites for hydroxylation is 2. The average Bonchev–Trinajstić information content (AvgIpc) is 2.65. The number of nitriles is 1. The second-order valence-corrected chi connectivity index (χ2v) is 4.41. The highest BCUT2D eigenvalue weighted by molar-refractivity contribution is 5.97. The van der Waals surface area contributed by atoms with Gasteiger partial charge in [-0.15, -0.1) is 0 Å². The van der Waals surface area contributed by atoms with E-state index in [1.165, 1.54) is 11.6 Å². The fraction of sp³-hybridized carbons (Fsp3) is 0.214. The van der Waals surface area contributed by atoms with Crippen molar-refractivity contribution in [2.75, 3.05) is 5.73 Å². The molecule has 0 aliphatic rings. The van der Waals surface area contributed by atoms with Crippen LogP contribution >= 0.6 is 0 Å². The summed E-state index contributed by atoms with van der Waals surface area (Å²) in [6.07, 6.45) is 0. The summed E-state index contributed by atoms with van der Waals surface area (Å²) >= 11 is 0. The molecule has 2 rings (SSSR count). The van der Waals surface area contributed by atoms with Crippen molar-refractivity contribution in [2.45, 2.75) is 13.8 Å². The fourth-order valence-electron chi connectivity index (χ4n) is 1.90. The Morgan fingerprint density at radius 2 is 2.20 bits per heavy atom. The summed E-state index contributed by atoms with van der Waals surface area (Å²) in [5, 5.41) is 13.3. The van der Waals surface area contributed by atoms with E-state index in [1.807, 2.05) is 6.07 Å². The molecule has 0 amide bonds. The Hall–Kier alpha value is -2.81. The van der Waals surface area contributed by atoms with Crippen molar-refractivity contribution in [3.63, 3.8) is 0 Å². The van der Waals surface area contributed by atoms with E-state index in [0.29, 0.717) is 34.1 Å². The first kappa shape index (κ1) is 13.6. The van der Waals surface area contributed by atoms with Gasteiger partial charge in [0, 0.05) is 12.7 Å². The van der Waals surface area contributed by atoms with Crippen molar-refractivity contribution in [3.05, 3.63) is 35.0 Å². The maximum atomic E-state index is 11.6. The Labute approximate surface area is 116 Å². The number of ether oxygens (including phenoxy) is 1. The number of benzene rings is 1. The molecule has 1 aromatic carbocycles. The molecule has 20 heavy (non-hydrogen) atoms. The molecule has 0 aliphatic carbocycles. The number of nitrogens with zero attached hydrogens (tertiary/aromatic N) is 3. The van der Waals surface area contributed by atoms with Crippen LogP contribution in [0, 0.1) is 18.3 Å². The predicted octanol–water partition coefficient (Wildman–Crippen LogP) is 2.18. The van der Waals surface area contributed by atoms with Crippen LogP contribution in [-0.2, 0) is 7.05 Å². The SMILES string of the molecule is CC(=O)c1cc(N)ccc1Oc1c(C#N)c(C)nn1C. The largest absolute Gasteiger partial charge is 0.437 e. The molecule has 0 saturated heterocycles. The van der Waals surface area contributed by atoms with Crippen LogP contribution in [0.4, 0.5) is 5.69 Å². The second kappa shape index (κ2) is 5.05. The summed E-state index contributed by atoms with van der Waals surface area (Å²) in [4.78, 5) is 11.6. The van der Waals surface area contributed by atoms with Crippen LogP contribution in [0.15, 0.2) is 18.2 Å². The van der Waals surface area contributed by atoms with Gasteiger partial charge in [0.05, 0.1) is 11.3 Å². The number of rotatable bonds is 3. The van der Waals surface area contributed by atoms with Crippen molar-refractivity contribution in [1.82, 2.24) is 9.78 Å². The minimum Gasteiger partial charge on any atom is -0.437 e. The first-order valence-electron chi connectivity index (χ1n) is 5.96. The number of anilines is 1. The van der Waals surface area contributed by atoms with E-state index in [1.54, 1.807) is 32.2 Å². The molecule has 0 bridgehead atoms. The summed E-state index contributed by atoms with van der Waals surface area (Å²) in [5.41, 5.74) is 7.44. The summed E-state index contributed by atoms with van der Waals surface area (Å²) in [7, 11) is 1.67. The molecule has 0 fully saturated rings. The Morgan fingerprint density at radius 3 is 2.80 bits per heavy atom. The Balaban J connectivity index is 2.51. The number of carbonyl (C=O) groups excluding carboxylic acids is 1. The highest BCUT2D eigenvalue weighted by atomic mass is 16.5. The zero-order valence-corrected chi connectivity index (χ0v) is 11.5. The van der Waals surface area contributed by atoms with Gasteiger partial charge in [-0.1, -0.05) is 0 Å². The number of carbonyl (C=O) groups is 1. The van der Waals surface area contributed by atoms with Crippen LogP contribution in [0.2, 0.25) is 0 Å². The zero-order valence-electron chi connectivity index (χ0n) is 11.5. The number of nitrogen functional groups attached to an aromatic ring is 1. The van der Waals surface area contributed by atoms with Gasteiger partial charge in [0.1, 0.15) is 17.4 Å². The molecule has 2 aromatic rings. The van der Waals surface area contributed by atoms with Crippen LogP contribution in [0.1, 0.15) is 28.5 Å². The number of nitrogens with two attached hydrogens (primary N) is 1. The lowest BCUT2D eigenvalue weighted by Gasteiger charge is -2.10. The Bertz CT molecular complexity index is 726. The predicted molar refractivity (Wildman–Crippen MR) is 73.6 cm³/mol. The van der Waals surface area contributed by atoms with Crippen molar-refractivity contribution in [2.24, 2.45) is 7.05 Å². The van der Waals surface area contributed by atoms with Gasteiger partial charge in [0.15, 0.2) is 5.78 Å². The minimum atomic E-state index is -0.162. The highest BCUT2D eigenvalue weighted by Gasteiger charge is 2.18. The second-order valence-electron chi connectivity index (χ2n) is 4.41. The number of hydrogen-bond acceptors (Lipinski definition) is 5. The fourth-order valence-corrected chi connectivity index (χ4v) is 1.90. The maximum absolute atomic E-state index is 11.6. The molecule has 102 valence electrons. The third kappa shape index (κ3) is 2.34. The third-order valence-electron chi connectivity index (χ3n) is 2.87. The molecular weight excluding hydrogens is 256 g/mol. The first-order valence-corrected chi connectivity index (χ1v) is 5.96. The normalized spacial score (nSPS) is 10.1. The van der Waals surface area contributed by atoms with E-state index in [9.17, 15) is 4.79 Å². The molecule has 0 spiro atoms. The quantitative estimate of drug-likeness (QED) is 0.681. The van der Waals surface area contributed by atoms with Gasteiger partial charge in [-0.3, -0.25) is 4.79 Å². The smallest absolute Gasteiger partial charge is 0.235 e. The monoisotopic (exact) mass is 270 g/mol. The molecule has 0 unspecified atom stereocenters. The van der Waals surface area contributed by atoms with Crippen molar-refractivity contribution in [1.29, 1.82) is 5.26 Å². The molecule has 0 saturated carbocycles. The molecule has 0 aliphatic heterocycles. The Kier molecular flexibility index (Phi) is 3.44. The van der Waals surface area contributed by atoms with Crippen LogP contribution in [-0.4, -0.2) is 15.6 Å². The summed E-state index contributed by atoms with van der Waals surface area (Å²) in [5.74, 6) is 0.494. The van der Waals surface area contributed by atoms with Crippen LogP contribution < -0.4 is 10.5 Å². The van der Waals surface area contributed by atoms with Gasteiger partial charge >= 0.3 is 0 Å². The van der Waals surface area contributed by atoms with Gasteiger partial charge in [-0.05, 0) is 32.0 Å². The maximum Gasteiger partial charge on any atom is 0.235 e. The summed E-state index contributed by atoms with van der Waals surface area (Å²) in [6, 6.07) is 6.84. The van der Waals surface area contributed by atoms with Crippen LogP contribution in [0.25, 0.3) is 0 Å². The highest BCUT2D eigenvalue weighted by Crippen LogP contribution is 2.30. The lowest BCUT2D eigenvalue weighted by Crippen LogP contribution is -2.02. The lowest BCUT2D eigenvalue weighted by molar-refractivity contribution is 0.101. The van der Waals surface area contributed by atoms with E-state index in [0.717, 1.165) is 0 Å². The summed E-state index contributed by atoms with van der Waals surface area (Å²) < 4.78 is 7.17. The van der Waals surface area contributed by atoms with Gasteiger partial charge in [-0.25, -0.2) is 4.68 Å². The number of Topliss-reactive ketones (excluding diaryl/α,β-unsaturated/α-hetero) is 1. The lowest BCUT2D eigenvalue weighted by atomic mass is 10.1. The standard InChI is InChI=1S/C14H14N4O2/c1-8-12(7-15)14(18(3)17-8)20-13-5-4-10(16)6-11(13)9(2)19/h4-6H,16H2,1-3H3. The van der Waals surface area contributed by atoms with Crippen molar-refractivity contribution < 1.29 is 9.53 Å². The molecule has 6 nitrogen and oxygen atoms in total. The van der Waals surface area contributed by atoms with Crippen LogP contribution in [0.3, 0.4) is 0 Å². The Morgan fingerprint density at radius 1 is 1.50 bits per heavy atom. The molecular formula is C14H14N4O2. The van der Waals surface area contributed by atoms with E-state index in [4.69, 9.17) is 15.7 Å². The van der Waals surface area contributed by atoms with E-state index < -0.39 is 0 Å². The number of hydrogen-bond donors (Lipinski definition) is 1. The first-order chi connectivity index (χ1) is 9.43. The molecule has 1 heterocycles. The van der Waals surface area contributed by atoms with Gasteiger partial charge in [-0.2, -0.15) is 10.4 Å². The molecule has 6 heteroatoms. The molecule has 0 radical (unpaired) electrons. The van der Waals surface area contributed by atoms with E-state index in [-0.39, 0.29) is 5.78 Å². The summed E-state index contributed by atoms with van der Waals surface area (Å²) in [6.45, 7) is 3.15. The molecule has 1 aromatic heterocycles. The van der Waals surface area contributed by atoms with Gasteiger partial charge in [0.25, 0.3) is 0 Å². The van der Waals surface area contributed by atoms with E-state index >= 15 is 0 Å². The molecule has 2 N–H and O–H groups in total. The molecule has 0 atom stereocenters. The zero-order chi connectivity index (χ0) is 14.9. The van der Waals surface area contributed by atoms with Gasteiger partial charge < -0.3 is 10.5 Å². The van der Waals surface area contributed by atoms with Crippen molar-refractivity contribution >= 4 is 11.5 Å². The van der Waals surface area contributed by atoms with Gasteiger partial charge in [0.2, 0.25) is 5.88 Å². The minimum absolute atomic E-state index is 0.162. The van der Waals surface area contributed by atoms with Crippen molar-refractivity contribution in [3.8, 4) is 17.7 Å².